The molecular formula is C16H19NO3. The number of aliphatic hydroxyl groups excluding tert-OH is 1. The molecule has 2 aromatic carbocycles. The Hall–Kier alpha value is -2.07. The van der Waals surface area contributed by atoms with Crippen LogP contribution in [-0.4, -0.2) is 17.1 Å². The molecule has 1 amide bonds. The van der Waals surface area contributed by atoms with Gasteiger partial charge in [0.15, 0.2) is 6.10 Å². The van der Waals surface area contributed by atoms with Crippen molar-refractivity contribution in [1.29, 1.82) is 0 Å². The third-order valence-electron chi connectivity index (χ3n) is 3.31. The molecule has 0 radical (unpaired) electrons. The summed E-state index contributed by atoms with van der Waals surface area (Å²) < 4.78 is 5.80. The van der Waals surface area contributed by atoms with Crippen LogP contribution >= 0.6 is 0 Å². The average Bonchev–Trinajstić information content (AvgIpc) is 2.43. The molecule has 4 nitrogen and oxygen atoms in total. The molecule has 0 aliphatic heterocycles. The maximum atomic E-state index is 11.4. The van der Waals surface area contributed by atoms with Crippen molar-refractivity contribution in [3.63, 3.8) is 0 Å². The van der Waals surface area contributed by atoms with Crippen LogP contribution in [0.3, 0.4) is 0 Å². The van der Waals surface area contributed by atoms with Gasteiger partial charge in [0.2, 0.25) is 0 Å². The topological polar surface area (TPSA) is 72.6 Å². The molecule has 0 saturated carbocycles. The summed E-state index contributed by atoms with van der Waals surface area (Å²) in [5.74, 6) is 0.0285. The van der Waals surface area contributed by atoms with Crippen LogP contribution in [0.15, 0.2) is 36.4 Å². The third kappa shape index (κ3) is 2.75. The molecule has 20 heavy (non-hydrogen) atoms. The van der Waals surface area contributed by atoms with Gasteiger partial charge in [0.05, 0.1) is 6.10 Å². The molecule has 4 heteroatoms. The van der Waals surface area contributed by atoms with E-state index in [9.17, 15) is 9.90 Å². The molecule has 0 aromatic heterocycles. The molecular weight excluding hydrogens is 254 g/mol. The Morgan fingerprint density at radius 1 is 1.30 bits per heavy atom. The first-order valence-electron chi connectivity index (χ1n) is 6.70. The second-order valence-electron chi connectivity index (χ2n) is 4.80. The zero-order valence-corrected chi connectivity index (χ0v) is 11.7. The highest BCUT2D eigenvalue weighted by molar-refractivity contribution is 5.90. The molecule has 0 saturated heterocycles. The lowest BCUT2D eigenvalue weighted by molar-refractivity contribution is -0.124. The van der Waals surface area contributed by atoms with Gasteiger partial charge in [0.25, 0.3) is 5.91 Å². The second-order valence-corrected chi connectivity index (χ2v) is 4.80. The number of amides is 1. The minimum absolute atomic E-state index is 0.484. The molecule has 2 rings (SSSR count). The number of fused-ring (bicyclic) bond motifs is 1. The fourth-order valence-corrected chi connectivity index (χ4v) is 2.21. The molecule has 2 atom stereocenters. The number of rotatable bonds is 5. The first-order chi connectivity index (χ1) is 9.54. The Balaban J connectivity index is 2.57. The van der Waals surface area contributed by atoms with Gasteiger partial charge in [-0.3, -0.25) is 4.79 Å². The van der Waals surface area contributed by atoms with E-state index in [-0.39, 0.29) is 0 Å². The minimum Gasteiger partial charge on any atom is -0.480 e. The Labute approximate surface area is 118 Å². The highest BCUT2D eigenvalue weighted by Gasteiger charge is 2.20. The van der Waals surface area contributed by atoms with E-state index in [2.05, 4.69) is 0 Å². The normalized spacial score (nSPS) is 13.9. The molecule has 0 bridgehead atoms. The van der Waals surface area contributed by atoms with Crippen molar-refractivity contribution < 1.29 is 14.6 Å². The van der Waals surface area contributed by atoms with Crippen LogP contribution in [0.25, 0.3) is 10.8 Å². The summed E-state index contributed by atoms with van der Waals surface area (Å²) in [5, 5.41) is 11.8. The van der Waals surface area contributed by atoms with Crippen LogP contribution in [0.1, 0.15) is 31.9 Å². The maximum absolute atomic E-state index is 11.4. The lowest BCUT2D eigenvalue weighted by Gasteiger charge is -2.20. The fourth-order valence-electron chi connectivity index (χ4n) is 2.21. The first kappa shape index (κ1) is 14.3. The largest absolute Gasteiger partial charge is 0.480 e. The number of aliphatic hydroxyl groups is 1. The Morgan fingerprint density at radius 3 is 2.60 bits per heavy atom. The van der Waals surface area contributed by atoms with E-state index in [1.54, 1.807) is 6.92 Å². The summed E-state index contributed by atoms with van der Waals surface area (Å²) in [6.07, 6.45) is -0.893. The Morgan fingerprint density at radius 2 is 2.00 bits per heavy atom. The SMILES string of the molecule is CCC(Oc1c([C@@H](C)O)ccc2ccccc12)C(N)=O. The van der Waals surface area contributed by atoms with Gasteiger partial charge in [-0.2, -0.15) is 0 Å². The molecule has 3 N–H and O–H groups in total. The first-order valence-corrected chi connectivity index (χ1v) is 6.70. The van der Waals surface area contributed by atoms with E-state index in [1.807, 2.05) is 43.3 Å². The van der Waals surface area contributed by atoms with Crippen LogP contribution in [0.5, 0.6) is 5.75 Å². The highest BCUT2D eigenvalue weighted by atomic mass is 16.5. The summed E-state index contributed by atoms with van der Waals surface area (Å²) in [4.78, 5) is 11.4. The van der Waals surface area contributed by atoms with Gasteiger partial charge in [-0.05, 0) is 18.7 Å². The predicted molar refractivity (Wildman–Crippen MR) is 78.5 cm³/mol. The van der Waals surface area contributed by atoms with Gasteiger partial charge in [-0.25, -0.2) is 0 Å². The molecule has 0 aliphatic carbocycles. The van der Waals surface area contributed by atoms with Gasteiger partial charge in [-0.1, -0.05) is 43.3 Å². The smallest absolute Gasteiger partial charge is 0.258 e. The molecule has 0 fully saturated rings. The monoisotopic (exact) mass is 273 g/mol. The second kappa shape index (κ2) is 5.92. The standard InChI is InChI=1S/C16H19NO3/c1-3-14(16(17)19)20-15-12(10(2)18)9-8-11-6-4-5-7-13(11)15/h4-10,14,18H,3H2,1-2H3,(H2,17,19)/t10-,14?/m1/s1. The lowest BCUT2D eigenvalue weighted by atomic mass is 10.0. The van der Waals surface area contributed by atoms with Crippen molar-refractivity contribution in [2.45, 2.75) is 32.5 Å². The number of carbonyl (C=O) groups is 1. The Bertz CT molecular complexity index is 622. The van der Waals surface area contributed by atoms with Gasteiger partial charge in [0.1, 0.15) is 5.75 Å². The van der Waals surface area contributed by atoms with Crippen molar-refractivity contribution in [2.24, 2.45) is 5.73 Å². The van der Waals surface area contributed by atoms with Crippen molar-refractivity contribution in [3.05, 3.63) is 42.0 Å². The van der Waals surface area contributed by atoms with E-state index in [1.165, 1.54) is 0 Å². The molecule has 0 aliphatic rings. The number of benzene rings is 2. The number of primary amides is 1. The maximum Gasteiger partial charge on any atom is 0.258 e. The average molecular weight is 273 g/mol. The predicted octanol–water partition coefficient (Wildman–Crippen LogP) is 2.54. The number of carbonyl (C=O) groups excluding carboxylic acids is 1. The van der Waals surface area contributed by atoms with Crippen molar-refractivity contribution in [2.75, 3.05) is 0 Å². The van der Waals surface area contributed by atoms with Crippen LogP contribution in [0.4, 0.5) is 0 Å². The van der Waals surface area contributed by atoms with Crippen LogP contribution in [0, 0.1) is 0 Å². The molecule has 0 spiro atoms. The molecule has 2 aromatic rings. The number of hydrogen-bond donors (Lipinski definition) is 2. The number of nitrogens with two attached hydrogens (primary N) is 1. The van der Waals surface area contributed by atoms with Gasteiger partial charge in [-0.15, -0.1) is 0 Å². The molecule has 0 heterocycles. The van der Waals surface area contributed by atoms with Crippen LogP contribution in [-0.2, 0) is 4.79 Å². The quantitative estimate of drug-likeness (QED) is 0.879. The third-order valence-corrected chi connectivity index (χ3v) is 3.31. The summed E-state index contributed by atoms with van der Waals surface area (Å²) in [6.45, 7) is 3.50. The minimum atomic E-state index is -0.696. The van der Waals surface area contributed by atoms with Gasteiger partial charge in [0, 0.05) is 10.9 Å². The van der Waals surface area contributed by atoms with Crippen LogP contribution in [0.2, 0.25) is 0 Å². The van der Waals surface area contributed by atoms with Crippen molar-refractivity contribution in [3.8, 4) is 5.75 Å². The summed E-state index contributed by atoms with van der Waals surface area (Å²) in [5.41, 5.74) is 5.99. The summed E-state index contributed by atoms with van der Waals surface area (Å²) in [7, 11) is 0. The fraction of sp³-hybridized carbons (Fsp3) is 0.312. The Kier molecular flexibility index (Phi) is 4.25. The van der Waals surface area contributed by atoms with E-state index < -0.39 is 18.1 Å². The molecule has 1 unspecified atom stereocenters. The van der Waals surface area contributed by atoms with E-state index in [4.69, 9.17) is 10.5 Å². The van der Waals surface area contributed by atoms with E-state index in [0.717, 1.165) is 10.8 Å². The molecule has 106 valence electrons. The zero-order chi connectivity index (χ0) is 14.7. The van der Waals surface area contributed by atoms with Gasteiger partial charge >= 0.3 is 0 Å². The van der Waals surface area contributed by atoms with Crippen molar-refractivity contribution in [1.82, 2.24) is 0 Å². The van der Waals surface area contributed by atoms with E-state index >= 15 is 0 Å². The summed E-state index contributed by atoms with van der Waals surface area (Å²) in [6, 6.07) is 11.4. The number of ether oxygens (including phenoxy) is 1. The zero-order valence-electron chi connectivity index (χ0n) is 11.7. The lowest BCUT2D eigenvalue weighted by Crippen LogP contribution is -2.33. The van der Waals surface area contributed by atoms with Crippen molar-refractivity contribution >= 4 is 16.7 Å². The van der Waals surface area contributed by atoms with E-state index in [0.29, 0.717) is 17.7 Å². The van der Waals surface area contributed by atoms with Crippen LogP contribution < -0.4 is 10.5 Å². The highest BCUT2D eigenvalue weighted by Crippen LogP contribution is 2.34. The summed E-state index contributed by atoms with van der Waals surface area (Å²) >= 11 is 0. The number of hydrogen-bond acceptors (Lipinski definition) is 3. The van der Waals surface area contributed by atoms with Gasteiger partial charge < -0.3 is 15.6 Å².